The maximum absolute atomic E-state index is 12.1. The minimum atomic E-state index is -0.438. The Kier molecular flexibility index (Phi) is 6.02. The molecule has 1 fully saturated rings. The molecule has 0 aromatic heterocycles. The molecule has 1 atom stereocenters. The van der Waals surface area contributed by atoms with Gasteiger partial charge < -0.3 is 20.5 Å². The Bertz CT molecular complexity index is 459. The molecule has 0 spiro atoms. The SMILES string of the molecule is COc1ccccc1CCNC(=O)C(N)C1CCOCC1. The lowest BCUT2D eigenvalue weighted by molar-refractivity contribution is -0.124. The number of hydrogen-bond donors (Lipinski definition) is 2. The zero-order valence-corrected chi connectivity index (χ0v) is 12.5. The number of benzene rings is 1. The highest BCUT2D eigenvalue weighted by Crippen LogP contribution is 2.18. The molecule has 21 heavy (non-hydrogen) atoms. The highest BCUT2D eigenvalue weighted by Gasteiger charge is 2.26. The number of nitrogens with one attached hydrogen (secondary N) is 1. The molecule has 2 rings (SSSR count). The fourth-order valence-corrected chi connectivity index (χ4v) is 2.64. The quantitative estimate of drug-likeness (QED) is 0.823. The number of rotatable bonds is 6. The summed E-state index contributed by atoms with van der Waals surface area (Å²) in [6.07, 6.45) is 2.46. The van der Waals surface area contributed by atoms with E-state index in [-0.39, 0.29) is 11.8 Å². The van der Waals surface area contributed by atoms with E-state index in [2.05, 4.69) is 5.32 Å². The molecule has 5 heteroatoms. The van der Waals surface area contributed by atoms with E-state index in [1.807, 2.05) is 24.3 Å². The van der Waals surface area contributed by atoms with Gasteiger partial charge in [-0.25, -0.2) is 0 Å². The largest absolute Gasteiger partial charge is 0.496 e. The molecule has 1 heterocycles. The average Bonchev–Trinajstić information content (AvgIpc) is 2.55. The highest BCUT2D eigenvalue weighted by atomic mass is 16.5. The summed E-state index contributed by atoms with van der Waals surface area (Å²) in [5, 5.41) is 2.92. The van der Waals surface area contributed by atoms with Crippen molar-refractivity contribution in [3.8, 4) is 5.75 Å². The van der Waals surface area contributed by atoms with Crippen LogP contribution in [0.2, 0.25) is 0 Å². The van der Waals surface area contributed by atoms with Crippen molar-refractivity contribution in [2.75, 3.05) is 26.9 Å². The number of methoxy groups -OCH3 is 1. The van der Waals surface area contributed by atoms with Gasteiger partial charge >= 0.3 is 0 Å². The Morgan fingerprint density at radius 1 is 1.43 bits per heavy atom. The summed E-state index contributed by atoms with van der Waals surface area (Å²) in [7, 11) is 1.65. The van der Waals surface area contributed by atoms with Crippen LogP contribution in [-0.2, 0) is 16.0 Å². The van der Waals surface area contributed by atoms with Gasteiger partial charge in [0, 0.05) is 19.8 Å². The lowest BCUT2D eigenvalue weighted by Crippen LogP contribution is -2.47. The van der Waals surface area contributed by atoms with E-state index >= 15 is 0 Å². The molecule has 0 aliphatic carbocycles. The average molecular weight is 292 g/mol. The van der Waals surface area contributed by atoms with Crippen molar-refractivity contribution in [1.82, 2.24) is 5.32 Å². The van der Waals surface area contributed by atoms with Crippen LogP contribution < -0.4 is 15.8 Å². The van der Waals surface area contributed by atoms with Crippen LogP contribution in [0.4, 0.5) is 0 Å². The van der Waals surface area contributed by atoms with Gasteiger partial charge in [-0.15, -0.1) is 0 Å². The third-order valence-electron chi connectivity index (χ3n) is 3.96. The van der Waals surface area contributed by atoms with E-state index in [9.17, 15) is 4.79 Å². The molecule has 5 nitrogen and oxygen atoms in total. The van der Waals surface area contributed by atoms with Crippen molar-refractivity contribution in [1.29, 1.82) is 0 Å². The van der Waals surface area contributed by atoms with Gasteiger partial charge in [0.1, 0.15) is 5.75 Å². The van der Waals surface area contributed by atoms with Crippen molar-refractivity contribution in [3.05, 3.63) is 29.8 Å². The van der Waals surface area contributed by atoms with Crippen molar-refractivity contribution in [3.63, 3.8) is 0 Å². The second-order valence-electron chi connectivity index (χ2n) is 5.33. The highest BCUT2D eigenvalue weighted by molar-refractivity contribution is 5.81. The van der Waals surface area contributed by atoms with Crippen LogP contribution >= 0.6 is 0 Å². The molecular weight excluding hydrogens is 268 g/mol. The number of ether oxygens (including phenoxy) is 2. The van der Waals surface area contributed by atoms with Gasteiger partial charge in [0.05, 0.1) is 13.2 Å². The van der Waals surface area contributed by atoms with Gasteiger partial charge in [-0.3, -0.25) is 4.79 Å². The second kappa shape index (κ2) is 8.00. The first-order chi connectivity index (χ1) is 10.2. The normalized spacial score (nSPS) is 17.2. The molecule has 0 bridgehead atoms. The molecule has 3 N–H and O–H groups in total. The van der Waals surface area contributed by atoms with Crippen molar-refractivity contribution >= 4 is 5.91 Å². The summed E-state index contributed by atoms with van der Waals surface area (Å²) in [5.74, 6) is 1.00. The molecule has 1 unspecified atom stereocenters. The van der Waals surface area contributed by atoms with E-state index in [1.54, 1.807) is 7.11 Å². The maximum Gasteiger partial charge on any atom is 0.237 e. The summed E-state index contributed by atoms with van der Waals surface area (Å²) in [6, 6.07) is 7.38. The number of para-hydroxylation sites is 1. The number of hydrogen-bond acceptors (Lipinski definition) is 4. The summed E-state index contributed by atoms with van der Waals surface area (Å²) in [6.45, 7) is 1.97. The second-order valence-corrected chi connectivity index (χ2v) is 5.33. The van der Waals surface area contributed by atoms with Crippen LogP contribution in [0.25, 0.3) is 0 Å². The standard InChI is InChI=1S/C16H24N2O3/c1-20-14-5-3-2-4-12(14)6-9-18-16(19)15(17)13-7-10-21-11-8-13/h2-5,13,15H,6-11,17H2,1H3,(H,18,19). The van der Waals surface area contributed by atoms with E-state index < -0.39 is 6.04 Å². The molecule has 0 saturated carbocycles. The van der Waals surface area contributed by atoms with Gasteiger partial charge in [0.2, 0.25) is 5.91 Å². The number of carbonyl (C=O) groups is 1. The van der Waals surface area contributed by atoms with Crippen LogP contribution in [0.5, 0.6) is 5.75 Å². The number of carbonyl (C=O) groups excluding carboxylic acids is 1. The van der Waals surface area contributed by atoms with E-state index in [1.165, 1.54) is 0 Å². The van der Waals surface area contributed by atoms with Crippen molar-refractivity contribution < 1.29 is 14.3 Å². The van der Waals surface area contributed by atoms with E-state index in [0.717, 1.165) is 30.6 Å². The van der Waals surface area contributed by atoms with Crippen molar-refractivity contribution in [2.45, 2.75) is 25.3 Å². The Morgan fingerprint density at radius 3 is 2.86 bits per heavy atom. The third-order valence-corrected chi connectivity index (χ3v) is 3.96. The minimum absolute atomic E-state index is 0.0724. The molecule has 1 amide bonds. The van der Waals surface area contributed by atoms with E-state index in [0.29, 0.717) is 19.8 Å². The first-order valence-electron chi connectivity index (χ1n) is 7.45. The molecule has 116 valence electrons. The predicted octanol–water partition coefficient (Wildman–Crippen LogP) is 1.11. The van der Waals surface area contributed by atoms with Crippen LogP contribution in [0.15, 0.2) is 24.3 Å². The first-order valence-corrected chi connectivity index (χ1v) is 7.45. The summed E-state index contributed by atoms with van der Waals surface area (Å²) >= 11 is 0. The topological polar surface area (TPSA) is 73.6 Å². The fourth-order valence-electron chi connectivity index (χ4n) is 2.64. The molecule has 1 aromatic carbocycles. The minimum Gasteiger partial charge on any atom is -0.496 e. The fraction of sp³-hybridized carbons (Fsp3) is 0.562. The van der Waals surface area contributed by atoms with Crippen LogP contribution in [0.1, 0.15) is 18.4 Å². The number of nitrogens with two attached hydrogens (primary N) is 1. The molecule has 1 aliphatic rings. The molecule has 1 saturated heterocycles. The van der Waals surface area contributed by atoms with Crippen molar-refractivity contribution in [2.24, 2.45) is 11.7 Å². The van der Waals surface area contributed by atoms with Gasteiger partial charge in [-0.1, -0.05) is 18.2 Å². The smallest absolute Gasteiger partial charge is 0.237 e. The summed E-state index contributed by atoms with van der Waals surface area (Å²) in [4.78, 5) is 12.1. The van der Waals surface area contributed by atoms with Gasteiger partial charge in [0.15, 0.2) is 0 Å². The van der Waals surface area contributed by atoms with Gasteiger partial charge in [-0.05, 0) is 36.8 Å². The third kappa shape index (κ3) is 4.44. The maximum atomic E-state index is 12.1. The Morgan fingerprint density at radius 2 is 2.14 bits per heavy atom. The molecule has 0 radical (unpaired) electrons. The Balaban J connectivity index is 1.78. The van der Waals surface area contributed by atoms with Gasteiger partial charge in [-0.2, -0.15) is 0 Å². The Hall–Kier alpha value is -1.59. The first kappa shape index (κ1) is 15.8. The van der Waals surface area contributed by atoms with Gasteiger partial charge in [0.25, 0.3) is 0 Å². The summed E-state index contributed by atoms with van der Waals surface area (Å²) < 4.78 is 10.6. The molecule has 1 aliphatic heterocycles. The summed E-state index contributed by atoms with van der Waals surface area (Å²) in [5.41, 5.74) is 7.12. The zero-order valence-electron chi connectivity index (χ0n) is 12.5. The van der Waals surface area contributed by atoms with E-state index in [4.69, 9.17) is 15.2 Å². The lowest BCUT2D eigenvalue weighted by Gasteiger charge is -2.26. The zero-order chi connectivity index (χ0) is 15.1. The predicted molar refractivity (Wildman–Crippen MR) is 81.2 cm³/mol. The van der Waals surface area contributed by atoms with Crippen LogP contribution in [0, 0.1) is 5.92 Å². The van der Waals surface area contributed by atoms with Crippen LogP contribution in [0.3, 0.4) is 0 Å². The molecular formula is C16H24N2O3. The molecule has 1 aromatic rings. The number of amides is 1. The lowest BCUT2D eigenvalue weighted by atomic mass is 9.92. The Labute approximate surface area is 125 Å². The monoisotopic (exact) mass is 292 g/mol. The van der Waals surface area contributed by atoms with Crippen LogP contribution in [-0.4, -0.2) is 38.8 Å².